The van der Waals surface area contributed by atoms with Crippen LogP contribution in [-0.4, -0.2) is 16.6 Å². The first kappa shape index (κ1) is 11.9. The molecule has 0 saturated heterocycles. The number of hydrogen-bond donors (Lipinski definition) is 2. The second-order valence-corrected chi connectivity index (χ2v) is 5.30. The van der Waals surface area contributed by atoms with E-state index < -0.39 is 0 Å². The fourth-order valence-electron chi connectivity index (χ4n) is 2.13. The third kappa shape index (κ3) is 2.13. The molecule has 1 aliphatic rings. The molecule has 1 amide bonds. The van der Waals surface area contributed by atoms with Gasteiger partial charge in [0.2, 0.25) is 0 Å². The molecule has 5 heteroatoms. The Bertz CT molecular complexity index is 692. The van der Waals surface area contributed by atoms with Gasteiger partial charge in [-0.1, -0.05) is 0 Å². The Morgan fingerprint density at radius 1 is 1.37 bits per heavy atom. The summed E-state index contributed by atoms with van der Waals surface area (Å²) in [5.41, 5.74) is 7.95. The first-order valence-electron chi connectivity index (χ1n) is 5.94. The number of aromatic nitrogens is 1. The van der Waals surface area contributed by atoms with E-state index in [-0.39, 0.29) is 5.91 Å². The number of nitrogens with zero attached hydrogens (tertiary/aromatic N) is 1. The van der Waals surface area contributed by atoms with Gasteiger partial charge in [0.05, 0.1) is 5.57 Å². The zero-order valence-corrected chi connectivity index (χ0v) is 11.5. The molecule has 3 rings (SSSR count). The van der Waals surface area contributed by atoms with Gasteiger partial charge in [0, 0.05) is 22.3 Å². The van der Waals surface area contributed by atoms with Crippen molar-refractivity contribution < 1.29 is 4.79 Å². The summed E-state index contributed by atoms with van der Waals surface area (Å²) in [6.07, 6.45) is 1.86. The minimum absolute atomic E-state index is 0.159. The number of aromatic amines is 1. The molecule has 2 aromatic rings. The molecule has 0 atom stereocenters. The Morgan fingerprint density at radius 3 is 2.84 bits per heavy atom. The van der Waals surface area contributed by atoms with Crippen LogP contribution in [0.2, 0.25) is 0 Å². The van der Waals surface area contributed by atoms with Gasteiger partial charge in [0.15, 0.2) is 0 Å². The van der Waals surface area contributed by atoms with E-state index in [0.717, 1.165) is 22.5 Å². The SMILES string of the molecule is Cc1cc(C)c(/C=C2/C(=O)NN=C2c2ccsc2)[nH]1. The van der Waals surface area contributed by atoms with Gasteiger partial charge in [-0.3, -0.25) is 4.79 Å². The summed E-state index contributed by atoms with van der Waals surface area (Å²) < 4.78 is 0. The molecule has 0 bridgehead atoms. The average Bonchev–Trinajstić information content (AvgIpc) is 3.04. The first-order valence-corrected chi connectivity index (χ1v) is 6.88. The maximum Gasteiger partial charge on any atom is 0.273 e. The van der Waals surface area contributed by atoms with Gasteiger partial charge in [0.1, 0.15) is 5.71 Å². The Hall–Kier alpha value is -2.14. The van der Waals surface area contributed by atoms with Gasteiger partial charge in [-0.2, -0.15) is 16.4 Å². The number of rotatable bonds is 2. The molecular weight excluding hydrogens is 258 g/mol. The van der Waals surface area contributed by atoms with Gasteiger partial charge >= 0.3 is 0 Å². The number of hydrazone groups is 1. The fraction of sp³-hybridized carbons (Fsp3) is 0.143. The van der Waals surface area contributed by atoms with Crippen LogP contribution in [0.1, 0.15) is 22.5 Å². The number of carbonyl (C=O) groups excluding carboxylic acids is 1. The van der Waals surface area contributed by atoms with Crippen LogP contribution in [0, 0.1) is 13.8 Å². The van der Waals surface area contributed by atoms with E-state index in [2.05, 4.69) is 21.6 Å². The van der Waals surface area contributed by atoms with E-state index in [9.17, 15) is 4.79 Å². The monoisotopic (exact) mass is 271 g/mol. The van der Waals surface area contributed by atoms with Crippen LogP contribution >= 0.6 is 11.3 Å². The molecule has 0 spiro atoms. The maximum absolute atomic E-state index is 11.9. The predicted octanol–water partition coefficient (Wildman–Crippen LogP) is 2.61. The Kier molecular flexibility index (Phi) is 2.83. The molecule has 1 aliphatic heterocycles. The summed E-state index contributed by atoms with van der Waals surface area (Å²) in [5.74, 6) is -0.159. The highest BCUT2D eigenvalue weighted by Crippen LogP contribution is 2.20. The summed E-state index contributed by atoms with van der Waals surface area (Å²) in [6, 6.07) is 4.02. The number of aryl methyl sites for hydroxylation is 2. The second-order valence-electron chi connectivity index (χ2n) is 4.52. The number of nitrogens with one attached hydrogen (secondary N) is 2. The van der Waals surface area contributed by atoms with E-state index >= 15 is 0 Å². The van der Waals surface area contributed by atoms with Gasteiger partial charge in [-0.15, -0.1) is 0 Å². The number of thiophene rings is 1. The van der Waals surface area contributed by atoms with Crippen molar-refractivity contribution in [3.8, 4) is 0 Å². The van der Waals surface area contributed by atoms with Crippen LogP contribution in [0.25, 0.3) is 6.08 Å². The van der Waals surface area contributed by atoms with Crippen LogP contribution in [0.15, 0.2) is 33.6 Å². The minimum atomic E-state index is -0.159. The summed E-state index contributed by atoms with van der Waals surface area (Å²) >= 11 is 1.59. The van der Waals surface area contributed by atoms with Gasteiger partial charge < -0.3 is 4.98 Å². The molecule has 0 radical (unpaired) electrons. The summed E-state index contributed by atoms with van der Waals surface area (Å²) in [7, 11) is 0. The lowest BCUT2D eigenvalue weighted by Crippen LogP contribution is -2.13. The Morgan fingerprint density at radius 2 is 2.21 bits per heavy atom. The van der Waals surface area contributed by atoms with Gasteiger partial charge in [-0.25, -0.2) is 5.43 Å². The zero-order valence-electron chi connectivity index (χ0n) is 10.7. The normalized spacial score (nSPS) is 16.8. The summed E-state index contributed by atoms with van der Waals surface area (Å²) in [6.45, 7) is 4.02. The van der Waals surface area contributed by atoms with Crippen LogP contribution in [0.4, 0.5) is 0 Å². The zero-order chi connectivity index (χ0) is 13.4. The minimum Gasteiger partial charge on any atom is -0.359 e. The van der Waals surface area contributed by atoms with Crippen molar-refractivity contribution in [2.45, 2.75) is 13.8 Å². The van der Waals surface area contributed by atoms with Crippen LogP contribution < -0.4 is 5.43 Å². The lowest BCUT2D eigenvalue weighted by atomic mass is 10.0. The molecular formula is C14H13N3OS. The Balaban J connectivity index is 2.05. The highest BCUT2D eigenvalue weighted by Gasteiger charge is 2.24. The molecule has 0 unspecified atom stereocenters. The standard InChI is InChI=1S/C14H13N3OS/c1-8-5-9(2)15-12(8)6-11-13(16-17-14(11)18)10-3-4-19-7-10/h3-7,15H,1-2H3,(H,17,18)/b11-6+. The molecule has 4 nitrogen and oxygen atoms in total. The number of H-pyrrole nitrogens is 1. The van der Waals surface area contributed by atoms with Gasteiger partial charge in [-0.05, 0) is 43.0 Å². The fourth-order valence-corrected chi connectivity index (χ4v) is 2.77. The van der Waals surface area contributed by atoms with Crippen molar-refractivity contribution in [3.05, 3.63) is 51.0 Å². The molecule has 19 heavy (non-hydrogen) atoms. The molecule has 0 fully saturated rings. The van der Waals surface area contributed by atoms with E-state index in [1.807, 2.05) is 36.7 Å². The smallest absolute Gasteiger partial charge is 0.273 e. The molecule has 0 saturated carbocycles. The van der Waals surface area contributed by atoms with E-state index in [4.69, 9.17) is 0 Å². The van der Waals surface area contributed by atoms with Crippen molar-refractivity contribution in [1.82, 2.24) is 10.4 Å². The second kappa shape index (κ2) is 4.51. The molecule has 3 heterocycles. The molecule has 0 aromatic carbocycles. The molecule has 2 aromatic heterocycles. The first-order chi connectivity index (χ1) is 9.15. The molecule has 0 aliphatic carbocycles. The quantitative estimate of drug-likeness (QED) is 0.810. The van der Waals surface area contributed by atoms with E-state index in [0.29, 0.717) is 11.3 Å². The van der Waals surface area contributed by atoms with Crippen LogP contribution in [0.5, 0.6) is 0 Å². The summed E-state index contributed by atoms with van der Waals surface area (Å²) in [4.78, 5) is 15.1. The van der Waals surface area contributed by atoms with Crippen molar-refractivity contribution in [3.63, 3.8) is 0 Å². The predicted molar refractivity (Wildman–Crippen MR) is 77.2 cm³/mol. The highest BCUT2D eigenvalue weighted by molar-refractivity contribution is 7.08. The number of amides is 1. The van der Waals surface area contributed by atoms with Gasteiger partial charge in [0.25, 0.3) is 5.91 Å². The lowest BCUT2D eigenvalue weighted by molar-refractivity contribution is -0.116. The van der Waals surface area contributed by atoms with Crippen molar-refractivity contribution in [2.75, 3.05) is 0 Å². The maximum atomic E-state index is 11.9. The van der Waals surface area contributed by atoms with Crippen molar-refractivity contribution in [2.24, 2.45) is 5.10 Å². The van der Waals surface area contributed by atoms with Crippen molar-refractivity contribution in [1.29, 1.82) is 0 Å². The topological polar surface area (TPSA) is 57.2 Å². The number of hydrogen-bond acceptors (Lipinski definition) is 3. The highest BCUT2D eigenvalue weighted by atomic mass is 32.1. The van der Waals surface area contributed by atoms with Crippen molar-refractivity contribution >= 4 is 29.0 Å². The van der Waals surface area contributed by atoms with E-state index in [1.54, 1.807) is 11.3 Å². The Labute approximate surface area is 114 Å². The molecule has 96 valence electrons. The van der Waals surface area contributed by atoms with Crippen LogP contribution in [-0.2, 0) is 4.79 Å². The van der Waals surface area contributed by atoms with Crippen LogP contribution in [0.3, 0.4) is 0 Å². The number of carbonyl (C=O) groups is 1. The largest absolute Gasteiger partial charge is 0.359 e. The third-order valence-corrected chi connectivity index (χ3v) is 3.73. The molecule has 2 N–H and O–H groups in total. The average molecular weight is 271 g/mol. The van der Waals surface area contributed by atoms with E-state index in [1.165, 1.54) is 0 Å². The summed E-state index contributed by atoms with van der Waals surface area (Å²) in [5, 5.41) is 8.08. The lowest BCUT2D eigenvalue weighted by Gasteiger charge is -1.99. The third-order valence-electron chi connectivity index (χ3n) is 3.04.